The molecule has 3 heterocycles. The second-order valence-electron chi connectivity index (χ2n) is 8.09. The van der Waals surface area contributed by atoms with Crippen molar-refractivity contribution in [3.63, 3.8) is 0 Å². The van der Waals surface area contributed by atoms with Crippen LogP contribution in [0.5, 0.6) is 0 Å². The fourth-order valence-electron chi connectivity index (χ4n) is 4.08. The van der Waals surface area contributed by atoms with Gasteiger partial charge in [0.25, 0.3) is 0 Å². The molecule has 1 aromatic carbocycles. The van der Waals surface area contributed by atoms with Gasteiger partial charge in [0.2, 0.25) is 15.9 Å². The highest BCUT2D eigenvalue weighted by Crippen LogP contribution is 2.27. The maximum absolute atomic E-state index is 13.2. The van der Waals surface area contributed by atoms with E-state index >= 15 is 0 Å². The van der Waals surface area contributed by atoms with E-state index in [1.807, 2.05) is 13.8 Å². The first kappa shape index (κ1) is 22.2. The van der Waals surface area contributed by atoms with Crippen LogP contribution in [0, 0.1) is 19.8 Å². The molecule has 9 nitrogen and oxygen atoms in total. The zero-order valence-corrected chi connectivity index (χ0v) is 19.1. The highest BCUT2D eigenvalue weighted by atomic mass is 32.2. The van der Waals surface area contributed by atoms with Crippen LogP contribution in [0.15, 0.2) is 44.6 Å². The molecule has 1 amide bonds. The minimum atomic E-state index is -3.74. The third kappa shape index (κ3) is 4.20. The Kier molecular flexibility index (Phi) is 5.91. The number of sulfonamides is 1. The lowest BCUT2D eigenvalue weighted by atomic mass is 9.98. The van der Waals surface area contributed by atoms with E-state index in [2.05, 4.69) is 10.4 Å². The van der Waals surface area contributed by atoms with E-state index in [0.29, 0.717) is 42.9 Å². The zero-order valence-electron chi connectivity index (χ0n) is 18.3. The summed E-state index contributed by atoms with van der Waals surface area (Å²) in [5.74, 6) is -0.750. The summed E-state index contributed by atoms with van der Waals surface area (Å²) in [6.07, 6.45) is 2.72. The average Bonchev–Trinajstić information content (AvgIpc) is 3.15. The largest absolute Gasteiger partial charge is 0.423 e. The summed E-state index contributed by atoms with van der Waals surface area (Å²) in [4.78, 5) is 24.8. The van der Waals surface area contributed by atoms with Gasteiger partial charge in [-0.1, -0.05) is 0 Å². The van der Waals surface area contributed by atoms with Gasteiger partial charge in [0.05, 0.1) is 11.6 Å². The van der Waals surface area contributed by atoms with Crippen LogP contribution in [0.1, 0.15) is 31.0 Å². The number of benzene rings is 1. The van der Waals surface area contributed by atoms with E-state index in [-0.39, 0.29) is 17.3 Å². The van der Waals surface area contributed by atoms with Gasteiger partial charge in [-0.2, -0.15) is 9.40 Å². The molecule has 2 aromatic heterocycles. The van der Waals surface area contributed by atoms with Gasteiger partial charge in [-0.05, 0) is 51.3 Å². The van der Waals surface area contributed by atoms with Crippen LogP contribution in [0.4, 0.5) is 5.69 Å². The molecule has 0 radical (unpaired) electrons. The standard InChI is InChI=1S/C22H26N4O5S/c1-4-25-13-20(15(3)24-25)32(29,30)26-9-5-6-16(12-26)22(28)23-17-7-8-18-14(2)10-21(27)31-19(18)11-17/h7-8,10-11,13,16H,4-6,9,12H2,1-3H3,(H,23,28)/t16-/m0/s1. The summed E-state index contributed by atoms with van der Waals surface area (Å²) in [5, 5.41) is 7.87. The number of aromatic nitrogens is 2. The molecule has 1 aliphatic heterocycles. The van der Waals surface area contributed by atoms with E-state index in [0.717, 1.165) is 10.9 Å². The highest BCUT2D eigenvalue weighted by molar-refractivity contribution is 7.89. The molecule has 10 heteroatoms. The first-order chi connectivity index (χ1) is 15.2. The van der Waals surface area contributed by atoms with Crippen molar-refractivity contribution in [3.05, 3.63) is 52.1 Å². The lowest BCUT2D eigenvalue weighted by Gasteiger charge is -2.31. The molecule has 0 spiro atoms. The third-order valence-electron chi connectivity index (χ3n) is 5.82. The Labute approximate surface area is 186 Å². The Morgan fingerprint density at radius 3 is 2.78 bits per heavy atom. The van der Waals surface area contributed by atoms with Crippen molar-refractivity contribution >= 4 is 32.6 Å². The summed E-state index contributed by atoms with van der Waals surface area (Å²) in [7, 11) is -3.74. The number of amides is 1. The Hall–Kier alpha value is -2.98. The van der Waals surface area contributed by atoms with Gasteiger partial charge in [0.15, 0.2) is 0 Å². The van der Waals surface area contributed by atoms with E-state index in [4.69, 9.17) is 4.42 Å². The Balaban J connectivity index is 1.52. The van der Waals surface area contributed by atoms with Gasteiger partial charge >= 0.3 is 5.63 Å². The number of hydrogen-bond donors (Lipinski definition) is 1. The van der Waals surface area contributed by atoms with Crippen LogP contribution in [-0.2, 0) is 21.4 Å². The molecule has 4 rings (SSSR count). The van der Waals surface area contributed by atoms with Crippen molar-refractivity contribution in [1.82, 2.24) is 14.1 Å². The van der Waals surface area contributed by atoms with Crippen molar-refractivity contribution in [3.8, 4) is 0 Å². The normalized spacial score (nSPS) is 17.5. The smallest absolute Gasteiger partial charge is 0.336 e. The number of nitrogens with one attached hydrogen (secondary N) is 1. The second-order valence-corrected chi connectivity index (χ2v) is 9.99. The molecule has 0 bridgehead atoms. The molecule has 3 aromatic rings. The number of anilines is 1. The average molecular weight is 459 g/mol. The van der Waals surface area contributed by atoms with Gasteiger partial charge in [-0.25, -0.2) is 13.2 Å². The lowest BCUT2D eigenvalue weighted by molar-refractivity contribution is -0.120. The number of carbonyl (C=O) groups excluding carboxylic acids is 1. The monoisotopic (exact) mass is 458 g/mol. The molecular weight excluding hydrogens is 432 g/mol. The number of nitrogens with zero attached hydrogens (tertiary/aromatic N) is 3. The zero-order chi connectivity index (χ0) is 23.0. The van der Waals surface area contributed by atoms with Crippen molar-refractivity contribution in [2.45, 2.75) is 45.1 Å². The van der Waals surface area contributed by atoms with Crippen LogP contribution in [-0.4, -0.2) is 41.5 Å². The molecule has 0 saturated carbocycles. The first-order valence-electron chi connectivity index (χ1n) is 10.6. The van der Waals surface area contributed by atoms with Gasteiger partial charge in [0, 0.05) is 49.0 Å². The van der Waals surface area contributed by atoms with Crippen molar-refractivity contribution in [1.29, 1.82) is 0 Å². The predicted molar refractivity (Wildman–Crippen MR) is 120 cm³/mol. The van der Waals surface area contributed by atoms with Crippen LogP contribution in [0.2, 0.25) is 0 Å². The number of aryl methyl sites for hydroxylation is 3. The van der Waals surface area contributed by atoms with Crippen LogP contribution < -0.4 is 10.9 Å². The van der Waals surface area contributed by atoms with Gasteiger partial charge in [0.1, 0.15) is 10.5 Å². The summed E-state index contributed by atoms with van der Waals surface area (Å²) >= 11 is 0. The number of hydrogen-bond acceptors (Lipinski definition) is 6. The van der Waals surface area contributed by atoms with E-state index in [1.54, 1.807) is 36.0 Å². The maximum atomic E-state index is 13.2. The molecule has 1 fully saturated rings. The minimum absolute atomic E-state index is 0.104. The topological polar surface area (TPSA) is 115 Å². The van der Waals surface area contributed by atoms with Gasteiger partial charge in [-0.3, -0.25) is 9.48 Å². The fourth-order valence-corrected chi connectivity index (χ4v) is 5.77. The van der Waals surface area contributed by atoms with E-state index < -0.39 is 21.6 Å². The van der Waals surface area contributed by atoms with Crippen LogP contribution >= 0.6 is 0 Å². The Morgan fingerprint density at radius 2 is 2.06 bits per heavy atom. The van der Waals surface area contributed by atoms with Crippen molar-refractivity contribution < 1.29 is 17.6 Å². The number of fused-ring (bicyclic) bond motifs is 1. The first-order valence-corrected chi connectivity index (χ1v) is 12.0. The lowest BCUT2D eigenvalue weighted by Crippen LogP contribution is -2.43. The minimum Gasteiger partial charge on any atom is -0.423 e. The molecule has 170 valence electrons. The predicted octanol–water partition coefficient (Wildman–Crippen LogP) is 2.67. The van der Waals surface area contributed by atoms with Crippen molar-refractivity contribution in [2.24, 2.45) is 5.92 Å². The molecule has 0 unspecified atom stereocenters. The van der Waals surface area contributed by atoms with E-state index in [9.17, 15) is 18.0 Å². The third-order valence-corrected chi connectivity index (χ3v) is 7.79. The quantitative estimate of drug-likeness (QED) is 0.588. The molecular formula is C22H26N4O5S. The Morgan fingerprint density at radius 1 is 1.28 bits per heavy atom. The SMILES string of the molecule is CCn1cc(S(=O)(=O)N2CCC[C@H](C(=O)Nc3ccc4c(C)cc(=O)oc4c3)C2)c(C)n1. The number of carbonyl (C=O) groups is 1. The van der Waals surface area contributed by atoms with Gasteiger partial charge in [-0.15, -0.1) is 0 Å². The molecule has 1 aliphatic rings. The summed E-state index contributed by atoms with van der Waals surface area (Å²) < 4.78 is 34.5. The second kappa shape index (κ2) is 8.51. The molecule has 32 heavy (non-hydrogen) atoms. The number of rotatable bonds is 5. The molecule has 1 N–H and O–H groups in total. The van der Waals surface area contributed by atoms with Crippen LogP contribution in [0.3, 0.4) is 0 Å². The summed E-state index contributed by atoms with van der Waals surface area (Å²) in [5.41, 5.74) is 1.68. The summed E-state index contributed by atoms with van der Waals surface area (Å²) in [6.45, 7) is 6.43. The fraction of sp³-hybridized carbons (Fsp3) is 0.409. The molecule has 0 aliphatic carbocycles. The summed E-state index contributed by atoms with van der Waals surface area (Å²) in [6, 6.07) is 6.56. The maximum Gasteiger partial charge on any atom is 0.336 e. The van der Waals surface area contributed by atoms with Gasteiger partial charge < -0.3 is 9.73 Å². The number of piperidine rings is 1. The van der Waals surface area contributed by atoms with E-state index in [1.165, 1.54) is 10.4 Å². The Bertz CT molecular complexity index is 1340. The van der Waals surface area contributed by atoms with Crippen molar-refractivity contribution in [2.75, 3.05) is 18.4 Å². The molecule has 1 atom stereocenters. The molecule has 1 saturated heterocycles. The highest BCUT2D eigenvalue weighted by Gasteiger charge is 2.35. The van der Waals surface area contributed by atoms with Crippen LogP contribution in [0.25, 0.3) is 11.0 Å².